The molecule has 8 heteroatoms. The predicted octanol–water partition coefficient (Wildman–Crippen LogP) is 3.16. The van der Waals surface area contributed by atoms with E-state index < -0.39 is 11.9 Å². The number of alkyl halides is 3. The lowest BCUT2D eigenvalue weighted by Crippen LogP contribution is -2.24. The number of carbonyl (C=O) groups excluding carboxylic acids is 1. The van der Waals surface area contributed by atoms with E-state index in [4.69, 9.17) is 0 Å². The Hall–Kier alpha value is -2.64. The smallest absolute Gasteiger partial charge is 0.347 e. The van der Waals surface area contributed by atoms with Crippen molar-refractivity contribution in [2.24, 2.45) is 5.92 Å². The van der Waals surface area contributed by atoms with Crippen LogP contribution in [0, 0.1) is 5.92 Å². The quantitative estimate of drug-likeness (QED) is 0.836. The van der Waals surface area contributed by atoms with Crippen LogP contribution >= 0.6 is 0 Å². The van der Waals surface area contributed by atoms with Crippen LogP contribution in [0.5, 0.6) is 0 Å². The molecule has 1 aromatic carbocycles. The minimum atomic E-state index is -4.54. The topological polar surface area (TPSA) is 49.3 Å². The second-order valence-corrected chi connectivity index (χ2v) is 6.55. The molecule has 2 aromatic rings. The van der Waals surface area contributed by atoms with Gasteiger partial charge in [0.2, 0.25) is 11.9 Å². The van der Waals surface area contributed by atoms with E-state index in [2.05, 4.69) is 9.97 Å². The van der Waals surface area contributed by atoms with Crippen molar-refractivity contribution in [1.29, 1.82) is 0 Å². The molecule has 0 aliphatic carbocycles. The van der Waals surface area contributed by atoms with Gasteiger partial charge >= 0.3 is 6.18 Å². The van der Waals surface area contributed by atoms with Gasteiger partial charge in [0.25, 0.3) is 0 Å². The molecule has 3 rings (SSSR count). The summed E-state index contributed by atoms with van der Waals surface area (Å²) in [5.74, 6) is -0.105. The average Bonchev–Trinajstić information content (AvgIpc) is 2.95. The third kappa shape index (κ3) is 3.95. The van der Waals surface area contributed by atoms with Gasteiger partial charge in [0.05, 0.1) is 0 Å². The molecule has 0 radical (unpaired) electrons. The Morgan fingerprint density at radius 1 is 1.19 bits per heavy atom. The first-order valence-electron chi connectivity index (χ1n) is 8.22. The van der Waals surface area contributed by atoms with Crippen LogP contribution in [0.15, 0.2) is 36.4 Å². The average molecular weight is 364 g/mol. The van der Waals surface area contributed by atoms with Crippen LogP contribution in [0.25, 0.3) is 0 Å². The number of anilines is 2. The van der Waals surface area contributed by atoms with Gasteiger partial charge in [0, 0.05) is 38.4 Å². The summed E-state index contributed by atoms with van der Waals surface area (Å²) in [6.45, 7) is 0.464. The summed E-state index contributed by atoms with van der Waals surface area (Å²) in [6, 6.07) is 10.2. The van der Waals surface area contributed by atoms with E-state index in [9.17, 15) is 18.0 Å². The lowest BCUT2D eigenvalue weighted by molar-refractivity contribution is -0.141. The molecule has 26 heavy (non-hydrogen) atoms. The molecule has 1 aliphatic rings. The van der Waals surface area contributed by atoms with Gasteiger partial charge in [0.15, 0.2) is 0 Å². The second kappa shape index (κ2) is 6.93. The maximum absolute atomic E-state index is 13.1. The van der Waals surface area contributed by atoms with Crippen molar-refractivity contribution in [1.82, 2.24) is 9.97 Å². The number of para-hydroxylation sites is 1. The van der Waals surface area contributed by atoms with Crippen LogP contribution in [0.1, 0.15) is 17.8 Å². The number of halogens is 3. The molecular weight excluding hydrogens is 345 g/mol. The Bertz CT molecular complexity index is 793. The third-order valence-electron chi connectivity index (χ3n) is 4.23. The molecule has 1 fully saturated rings. The standard InChI is InChI=1S/C18H19F3N4O/c1-24(2)17-22-13(10-15(23-17)18(19,20)21)8-12-9-16(26)25(11-12)14-6-4-3-5-7-14/h3-7,10,12H,8-9,11H2,1-2H3/t12-/m0/s1. The Kier molecular flexibility index (Phi) is 4.84. The van der Waals surface area contributed by atoms with Gasteiger partial charge in [-0.3, -0.25) is 4.79 Å². The molecule has 1 amide bonds. The zero-order chi connectivity index (χ0) is 18.9. The number of benzene rings is 1. The zero-order valence-electron chi connectivity index (χ0n) is 14.5. The minimum absolute atomic E-state index is 0.0130. The second-order valence-electron chi connectivity index (χ2n) is 6.55. The summed E-state index contributed by atoms with van der Waals surface area (Å²) in [5, 5.41) is 0. The van der Waals surface area contributed by atoms with Gasteiger partial charge in [-0.15, -0.1) is 0 Å². The summed E-state index contributed by atoms with van der Waals surface area (Å²) >= 11 is 0. The molecule has 1 aromatic heterocycles. The van der Waals surface area contributed by atoms with Crippen molar-refractivity contribution in [2.75, 3.05) is 30.4 Å². The molecule has 0 N–H and O–H groups in total. The molecule has 2 heterocycles. The number of amides is 1. The summed E-state index contributed by atoms with van der Waals surface area (Å²) in [7, 11) is 3.19. The molecule has 0 bridgehead atoms. The molecule has 1 atom stereocenters. The predicted molar refractivity (Wildman–Crippen MR) is 92.0 cm³/mol. The van der Waals surface area contributed by atoms with E-state index in [1.165, 1.54) is 4.90 Å². The van der Waals surface area contributed by atoms with Crippen LogP contribution in [0.3, 0.4) is 0 Å². The highest BCUT2D eigenvalue weighted by atomic mass is 19.4. The lowest BCUT2D eigenvalue weighted by atomic mass is 10.0. The minimum Gasteiger partial charge on any atom is -0.347 e. The summed E-state index contributed by atoms with van der Waals surface area (Å²) in [5.41, 5.74) is 0.131. The summed E-state index contributed by atoms with van der Waals surface area (Å²) in [6.07, 6.45) is -3.96. The van der Waals surface area contributed by atoms with E-state index in [-0.39, 0.29) is 24.2 Å². The first-order valence-corrected chi connectivity index (χ1v) is 8.22. The normalized spacial score (nSPS) is 17.7. The molecular formula is C18H19F3N4O. The largest absolute Gasteiger partial charge is 0.433 e. The third-order valence-corrected chi connectivity index (χ3v) is 4.23. The van der Waals surface area contributed by atoms with Crippen LogP contribution in [0.2, 0.25) is 0 Å². The number of nitrogens with zero attached hydrogens (tertiary/aromatic N) is 4. The first kappa shape index (κ1) is 18.2. The van der Waals surface area contributed by atoms with Gasteiger partial charge in [0.1, 0.15) is 5.69 Å². The van der Waals surface area contributed by atoms with Crippen LogP contribution < -0.4 is 9.80 Å². The van der Waals surface area contributed by atoms with Crippen LogP contribution in [0.4, 0.5) is 24.8 Å². The van der Waals surface area contributed by atoms with Crippen molar-refractivity contribution in [3.63, 3.8) is 0 Å². The van der Waals surface area contributed by atoms with Crippen molar-refractivity contribution in [3.8, 4) is 0 Å². The highest BCUT2D eigenvalue weighted by Gasteiger charge is 2.35. The SMILES string of the molecule is CN(C)c1nc(C[C@H]2CC(=O)N(c3ccccc3)C2)cc(C(F)(F)F)n1. The first-order chi connectivity index (χ1) is 12.2. The molecule has 1 aliphatic heterocycles. The van der Waals surface area contributed by atoms with E-state index >= 15 is 0 Å². The van der Waals surface area contributed by atoms with Gasteiger partial charge in [-0.25, -0.2) is 9.97 Å². The molecule has 138 valence electrons. The summed E-state index contributed by atoms with van der Waals surface area (Å²) < 4.78 is 39.3. The van der Waals surface area contributed by atoms with Crippen molar-refractivity contribution >= 4 is 17.5 Å². The Balaban J connectivity index is 1.81. The van der Waals surface area contributed by atoms with E-state index in [0.717, 1.165) is 11.8 Å². The Morgan fingerprint density at radius 3 is 2.50 bits per heavy atom. The van der Waals surface area contributed by atoms with Crippen LogP contribution in [-0.4, -0.2) is 36.5 Å². The number of aromatic nitrogens is 2. The van der Waals surface area contributed by atoms with Gasteiger partial charge in [-0.1, -0.05) is 18.2 Å². The van der Waals surface area contributed by atoms with E-state index in [0.29, 0.717) is 18.7 Å². The maximum Gasteiger partial charge on any atom is 0.433 e. The lowest BCUT2D eigenvalue weighted by Gasteiger charge is -2.18. The highest BCUT2D eigenvalue weighted by molar-refractivity contribution is 5.95. The maximum atomic E-state index is 13.1. The number of hydrogen-bond acceptors (Lipinski definition) is 4. The van der Waals surface area contributed by atoms with Crippen molar-refractivity contribution < 1.29 is 18.0 Å². The number of hydrogen-bond donors (Lipinski definition) is 0. The van der Waals surface area contributed by atoms with Gasteiger partial charge in [-0.2, -0.15) is 13.2 Å². The molecule has 0 saturated carbocycles. The Morgan fingerprint density at radius 2 is 1.88 bits per heavy atom. The van der Waals surface area contributed by atoms with E-state index in [1.807, 2.05) is 30.3 Å². The summed E-state index contributed by atoms with van der Waals surface area (Å²) in [4.78, 5) is 23.2. The molecule has 5 nitrogen and oxygen atoms in total. The van der Waals surface area contributed by atoms with Crippen LogP contribution in [-0.2, 0) is 17.4 Å². The van der Waals surface area contributed by atoms with Gasteiger partial charge < -0.3 is 9.80 Å². The number of rotatable bonds is 4. The fourth-order valence-corrected chi connectivity index (χ4v) is 3.00. The number of carbonyl (C=O) groups is 1. The van der Waals surface area contributed by atoms with Crippen molar-refractivity contribution in [3.05, 3.63) is 47.8 Å². The zero-order valence-corrected chi connectivity index (χ0v) is 14.5. The molecule has 0 unspecified atom stereocenters. The van der Waals surface area contributed by atoms with E-state index in [1.54, 1.807) is 19.0 Å². The Labute approximate surface area is 149 Å². The van der Waals surface area contributed by atoms with Gasteiger partial charge in [-0.05, 0) is 30.5 Å². The highest BCUT2D eigenvalue weighted by Crippen LogP contribution is 2.31. The molecule has 0 spiro atoms. The fraction of sp³-hybridized carbons (Fsp3) is 0.389. The van der Waals surface area contributed by atoms with Crippen molar-refractivity contribution in [2.45, 2.75) is 19.0 Å². The monoisotopic (exact) mass is 364 g/mol. The fourth-order valence-electron chi connectivity index (χ4n) is 3.00. The molecule has 1 saturated heterocycles.